The zero-order chi connectivity index (χ0) is 12.6. The van der Waals surface area contributed by atoms with E-state index >= 15 is 0 Å². The van der Waals surface area contributed by atoms with Crippen LogP contribution in [0.2, 0.25) is 0 Å². The third-order valence-corrected chi connectivity index (χ3v) is 3.13. The Morgan fingerprint density at radius 1 is 1.22 bits per heavy atom. The van der Waals surface area contributed by atoms with E-state index in [1.807, 2.05) is 24.3 Å². The quantitative estimate of drug-likeness (QED) is 0.614. The minimum Gasteiger partial charge on any atom is -0.385 e. The number of hydrogen-bond donors (Lipinski definition) is 1. The fraction of sp³-hybridized carbons (Fsp3) is 0.500. The molecule has 1 saturated heterocycles. The van der Waals surface area contributed by atoms with Gasteiger partial charge in [-0.3, -0.25) is 9.69 Å². The lowest BCUT2D eigenvalue weighted by molar-refractivity contribution is 0.0378. The van der Waals surface area contributed by atoms with Crippen LogP contribution < -0.4 is 5.32 Å². The Balaban J connectivity index is 1.63. The number of nitrogens with zero attached hydrogens (tertiary/aromatic N) is 1. The van der Waals surface area contributed by atoms with Crippen molar-refractivity contribution in [3.8, 4) is 0 Å². The van der Waals surface area contributed by atoms with Crippen molar-refractivity contribution in [3.63, 3.8) is 0 Å². The first-order chi connectivity index (χ1) is 8.88. The molecule has 1 aliphatic heterocycles. The molecule has 4 nitrogen and oxygen atoms in total. The van der Waals surface area contributed by atoms with Gasteiger partial charge < -0.3 is 10.1 Å². The van der Waals surface area contributed by atoms with Crippen LogP contribution >= 0.6 is 0 Å². The number of anilines is 1. The van der Waals surface area contributed by atoms with Gasteiger partial charge in [-0.1, -0.05) is 0 Å². The summed E-state index contributed by atoms with van der Waals surface area (Å²) in [6.07, 6.45) is 1.98. The first kappa shape index (κ1) is 13.1. The second kappa shape index (κ2) is 7.13. The van der Waals surface area contributed by atoms with Gasteiger partial charge in [0.25, 0.3) is 0 Å². The number of hydrogen-bond acceptors (Lipinski definition) is 4. The average molecular weight is 248 g/mol. The van der Waals surface area contributed by atoms with Crippen molar-refractivity contribution in [1.29, 1.82) is 0 Å². The summed E-state index contributed by atoms with van der Waals surface area (Å²) < 4.78 is 5.31. The predicted molar refractivity (Wildman–Crippen MR) is 72.2 cm³/mol. The molecule has 0 aliphatic carbocycles. The largest absolute Gasteiger partial charge is 0.385 e. The van der Waals surface area contributed by atoms with Gasteiger partial charge in [-0.2, -0.15) is 0 Å². The SMILES string of the molecule is O=Cc1ccc(NCCCN2CCOCC2)cc1. The molecular formula is C14H20N2O2. The lowest BCUT2D eigenvalue weighted by Crippen LogP contribution is -2.37. The van der Waals surface area contributed by atoms with Gasteiger partial charge in [-0.15, -0.1) is 0 Å². The molecule has 0 atom stereocenters. The maximum absolute atomic E-state index is 10.5. The standard InChI is InChI=1S/C14H20N2O2/c17-12-13-2-4-14(5-3-13)15-6-1-7-16-8-10-18-11-9-16/h2-5,12,15H,1,6-11H2. The van der Waals surface area contributed by atoms with Crippen LogP contribution in [0, 0.1) is 0 Å². The Labute approximate surface area is 108 Å². The molecule has 1 aromatic carbocycles. The molecule has 98 valence electrons. The molecule has 1 aliphatic rings. The molecule has 0 spiro atoms. The van der Waals surface area contributed by atoms with Crippen LogP contribution in [0.4, 0.5) is 5.69 Å². The third-order valence-electron chi connectivity index (χ3n) is 3.13. The lowest BCUT2D eigenvalue weighted by atomic mass is 10.2. The van der Waals surface area contributed by atoms with E-state index in [1.54, 1.807) is 0 Å². The Kier molecular flexibility index (Phi) is 5.17. The minimum absolute atomic E-state index is 0.717. The number of benzene rings is 1. The molecule has 2 rings (SSSR count). The van der Waals surface area contributed by atoms with Gasteiger partial charge in [-0.25, -0.2) is 0 Å². The molecule has 18 heavy (non-hydrogen) atoms. The summed E-state index contributed by atoms with van der Waals surface area (Å²) in [4.78, 5) is 12.9. The van der Waals surface area contributed by atoms with Gasteiger partial charge >= 0.3 is 0 Å². The number of nitrogens with one attached hydrogen (secondary N) is 1. The van der Waals surface area contributed by atoms with E-state index in [9.17, 15) is 4.79 Å². The Morgan fingerprint density at radius 3 is 2.61 bits per heavy atom. The molecule has 0 saturated carbocycles. The zero-order valence-electron chi connectivity index (χ0n) is 10.6. The zero-order valence-corrected chi connectivity index (χ0v) is 10.6. The summed E-state index contributed by atoms with van der Waals surface area (Å²) in [6, 6.07) is 7.55. The minimum atomic E-state index is 0.717. The van der Waals surface area contributed by atoms with E-state index in [-0.39, 0.29) is 0 Å². The van der Waals surface area contributed by atoms with Crippen LogP contribution in [0.15, 0.2) is 24.3 Å². The van der Waals surface area contributed by atoms with Gasteiger partial charge in [-0.05, 0) is 37.2 Å². The van der Waals surface area contributed by atoms with E-state index in [0.717, 1.165) is 57.8 Å². The predicted octanol–water partition coefficient (Wildman–Crippen LogP) is 1.63. The van der Waals surface area contributed by atoms with Gasteiger partial charge in [0.15, 0.2) is 0 Å². The number of carbonyl (C=O) groups excluding carboxylic acids is 1. The molecule has 1 N–H and O–H groups in total. The van der Waals surface area contributed by atoms with E-state index < -0.39 is 0 Å². The van der Waals surface area contributed by atoms with Gasteiger partial charge in [0.05, 0.1) is 13.2 Å². The number of carbonyl (C=O) groups is 1. The number of rotatable bonds is 6. The molecule has 4 heteroatoms. The average Bonchev–Trinajstić information content (AvgIpc) is 2.45. The fourth-order valence-electron chi connectivity index (χ4n) is 2.04. The van der Waals surface area contributed by atoms with E-state index in [4.69, 9.17) is 4.74 Å². The number of morpholine rings is 1. The van der Waals surface area contributed by atoms with Crippen LogP contribution in [0.5, 0.6) is 0 Å². The highest BCUT2D eigenvalue weighted by atomic mass is 16.5. The van der Waals surface area contributed by atoms with Crippen molar-refractivity contribution >= 4 is 12.0 Å². The van der Waals surface area contributed by atoms with Gasteiger partial charge in [0.2, 0.25) is 0 Å². The second-order valence-electron chi connectivity index (χ2n) is 4.47. The summed E-state index contributed by atoms with van der Waals surface area (Å²) >= 11 is 0. The molecule has 1 aromatic rings. The van der Waals surface area contributed by atoms with E-state index in [2.05, 4.69) is 10.2 Å². The van der Waals surface area contributed by atoms with Crippen molar-refractivity contribution in [2.24, 2.45) is 0 Å². The smallest absolute Gasteiger partial charge is 0.150 e. The number of ether oxygens (including phenoxy) is 1. The topological polar surface area (TPSA) is 41.6 Å². The first-order valence-electron chi connectivity index (χ1n) is 6.48. The fourth-order valence-corrected chi connectivity index (χ4v) is 2.04. The monoisotopic (exact) mass is 248 g/mol. The maximum Gasteiger partial charge on any atom is 0.150 e. The van der Waals surface area contributed by atoms with Gasteiger partial charge in [0.1, 0.15) is 6.29 Å². The van der Waals surface area contributed by atoms with Crippen LogP contribution in [0.1, 0.15) is 16.8 Å². The summed E-state index contributed by atoms with van der Waals surface area (Å²) in [5.41, 5.74) is 1.79. The highest BCUT2D eigenvalue weighted by Gasteiger charge is 2.08. The Hall–Kier alpha value is -1.39. The maximum atomic E-state index is 10.5. The van der Waals surface area contributed by atoms with Crippen molar-refractivity contribution in [2.45, 2.75) is 6.42 Å². The van der Waals surface area contributed by atoms with Gasteiger partial charge in [0, 0.05) is 30.9 Å². The Morgan fingerprint density at radius 2 is 1.94 bits per heavy atom. The summed E-state index contributed by atoms with van der Waals surface area (Å²) in [6.45, 7) is 5.89. The highest BCUT2D eigenvalue weighted by Crippen LogP contribution is 2.08. The van der Waals surface area contributed by atoms with Crippen molar-refractivity contribution < 1.29 is 9.53 Å². The first-order valence-corrected chi connectivity index (χ1v) is 6.48. The third kappa shape index (κ3) is 4.13. The van der Waals surface area contributed by atoms with Crippen LogP contribution in [0.25, 0.3) is 0 Å². The molecule has 0 radical (unpaired) electrons. The lowest BCUT2D eigenvalue weighted by Gasteiger charge is -2.26. The van der Waals surface area contributed by atoms with Crippen LogP contribution in [-0.4, -0.2) is 50.6 Å². The molecule has 1 fully saturated rings. The Bertz CT molecular complexity index is 359. The van der Waals surface area contributed by atoms with Crippen LogP contribution in [-0.2, 0) is 4.74 Å². The molecule has 0 bridgehead atoms. The number of aldehydes is 1. The summed E-state index contributed by atoms with van der Waals surface area (Å²) in [7, 11) is 0. The molecule has 1 heterocycles. The van der Waals surface area contributed by atoms with Crippen molar-refractivity contribution in [1.82, 2.24) is 4.90 Å². The van der Waals surface area contributed by atoms with Crippen molar-refractivity contribution in [2.75, 3.05) is 44.7 Å². The summed E-state index contributed by atoms with van der Waals surface area (Å²) in [5, 5.41) is 3.36. The summed E-state index contributed by atoms with van der Waals surface area (Å²) in [5.74, 6) is 0. The van der Waals surface area contributed by atoms with Crippen molar-refractivity contribution in [3.05, 3.63) is 29.8 Å². The molecular weight excluding hydrogens is 228 g/mol. The van der Waals surface area contributed by atoms with E-state index in [1.165, 1.54) is 0 Å². The molecule has 0 unspecified atom stereocenters. The highest BCUT2D eigenvalue weighted by molar-refractivity contribution is 5.75. The molecule has 0 amide bonds. The van der Waals surface area contributed by atoms with E-state index in [0.29, 0.717) is 5.56 Å². The normalized spacial score (nSPS) is 16.4. The molecule has 0 aromatic heterocycles. The second-order valence-corrected chi connectivity index (χ2v) is 4.47. The van der Waals surface area contributed by atoms with Crippen LogP contribution in [0.3, 0.4) is 0 Å².